The number of benzene rings is 1. The summed E-state index contributed by atoms with van der Waals surface area (Å²) in [5.41, 5.74) is 0.397. The molecule has 1 aliphatic rings. The topological polar surface area (TPSA) is 106 Å². The summed E-state index contributed by atoms with van der Waals surface area (Å²) in [4.78, 5) is 38.1. The molecule has 168 valence electrons. The van der Waals surface area contributed by atoms with Crippen LogP contribution in [0.1, 0.15) is 24.0 Å². The van der Waals surface area contributed by atoms with E-state index >= 15 is 0 Å². The number of carbonyl (C=O) groups is 1. The van der Waals surface area contributed by atoms with Crippen molar-refractivity contribution in [3.05, 3.63) is 56.2 Å². The number of anilines is 1. The van der Waals surface area contributed by atoms with Gasteiger partial charge in [-0.1, -0.05) is 6.07 Å². The molecule has 0 atom stereocenters. The summed E-state index contributed by atoms with van der Waals surface area (Å²) in [7, 11) is 2.88. The van der Waals surface area contributed by atoms with Gasteiger partial charge in [0.05, 0.1) is 6.54 Å². The van der Waals surface area contributed by atoms with Crippen molar-refractivity contribution in [2.24, 2.45) is 14.1 Å². The Morgan fingerprint density at radius 1 is 1.10 bits per heavy atom. The molecule has 1 aliphatic heterocycles. The van der Waals surface area contributed by atoms with E-state index in [1.54, 1.807) is 0 Å². The summed E-state index contributed by atoms with van der Waals surface area (Å²) in [6.07, 6.45) is 0.963. The number of aliphatic hydroxyl groups is 1. The third-order valence-electron chi connectivity index (χ3n) is 5.93. The van der Waals surface area contributed by atoms with Crippen molar-refractivity contribution in [1.82, 2.24) is 14.0 Å². The van der Waals surface area contributed by atoms with Gasteiger partial charge in [0.25, 0.3) is 5.56 Å². The van der Waals surface area contributed by atoms with Crippen LogP contribution in [0, 0.1) is 13.8 Å². The van der Waals surface area contributed by atoms with Gasteiger partial charge in [-0.2, -0.15) is 0 Å². The lowest BCUT2D eigenvalue weighted by Crippen LogP contribution is -2.49. The fraction of sp³-hybridized carbons (Fsp3) is 0.500. The van der Waals surface area contributed by atoms with Gasteiger partial charge in [-0.25, -0.2) is 4.79 Å². The number of rotatable bonds is 6. The van der Waals surface area contributed by atoms with E-state index in [1.807, 2.05) is 36.9 Å². The fourth-order valence-corrected chi connectivity index (χ4v) is 3.53. The largest absolute Gasteiger partial charge is 0.491 e. The normalized spacial score (nSPS) is 16.2. The van der Waals surface area contributed by atoms with Crippen molar-refractivity contribution >= 4 is 11.7 Å². The molecule has 2 heterocycles. The molecule has 0 aliphatic carbocycles. The van der Waals surface area contributed by atoms with E-state index in [-0.39, 0.29) is 24.9 Å². The molecule has 0 radical (unpaired) electrons. The average Bonchev–Trinajstić information content (AvgIpc) is 2.73. The van der Waals surface area contributed by atoms with E-state index in [0.29, 0.717) is 25.9 Å². The van der Waals surface area contributed by atoms with E-state index in [1.165, 1.54) is 30.3 Å². The highest BCUT2D eigenvalue weighted by molar-refractivity contribution is 5.91. The Labute approximate surface area is 180 Å². The van der Waals surface area contributed by atoms with Gasteiger partial charge in [-0.05, 0) is 49.9 Å². The van der Waals surface area contributed by atoms with Gasteiger partial charge in [0.1, 0.15) is 23.8 Å². The predicted molar refractivity (Wildman–Crippen MR) is 118 cm³/mol. The highest BCUT2D eigenvalue weighted by Crippen LogP contribution is 2.24. The summed E-state index contributed by atoms with van der Waals surface area (Å²) >= 11 is 0. The summed E-state index contributed by atoms with van der Waals surface area (Å²) in [5, 5.41) is 13.5. The predicted octanol–water partition coefficient (Wildman–Crippen LogP) is 0.545. The molecule has 1 fully saturated rings. The van der Waals surface area contributed by atoms with E-state index in [9.17, 15) is 19.5 Å². The average molecular weight is 431 g/mol. The number of nitrogens with one attached hydrogen (secondary N) is 1. The molecule has 0 spiro atoms. The van der Waals surface area contributed by atoms with E-state index in [2.05, 4.69) is 5.32 Å². The van der Waals surface area contributed by atoms with Crippen LogP contribution < -0.4 is 21.3 Å². The van der Waals surface area contributed by atoms with Gasteiger partial charge in [-0.15, -0.1) is 0 Å². The van der Waals surface area contributed by atoms with Crippen molar-refractivity contribution in [2.75, 3.05) is 31.6 Å². The molecule has 31 heavy (non-hydrogen) atoms. The minimum atomic E-state index is -0.943. The Balaban J connectivity index is 1.51. The Kier molecular flexibility index (Phi) is 6.66. The zero-order valence-corrected chi connectivity index (χ0v) is 18.5. The second-order valence-electron chi connectivity index (χ2n) is 8.35. The molecule has 2 N–H and O–H groups in total. The first-order chi connectivity index (χ1) is 14.6. The monoisotopic (exact) mass is 430 g/mol. The Hall–Kier alpha value is -2.91. The van der Waals surface area contributed by atoms with Crippen LogP contribution in [-0.4, -0.2) is 56.9 Å². The molecule has 0 bridgehead atoms. The lowest BCUT2D eigenvalue weighted by Gasteiger charge is -2.37. The number of aryl methyl sites for hydroxylation is 2. The number of aromatic nitrogens is 2. The maximum Gasteiger partial charge on any atom is 0.332 e. The lowest BCUT2D eigenvalue weighted by atomic mass is 9.92. The zero-order chi connectivity index (χ0) is 22.8. The van der Waals surface area contributed by atoms with Gasteiger partial charge in [-0.3, -0.25) is 23.6 Å². The van der Waals surface area contributed by atoms with Gasteiger partial charge in [0, 0.05) is 33.3 Å². The first-order valence-electron chi connectivity index (χ1n) is 10.3. The van der Waals surface area contributed by atoms with E-state index in [4.69, 9.17) is 4.74 Å². The number of hydrogen-bond donors (Lipinski definition) is 2. The standard InChI is InChI=1S/C22H30N4O5/c1-15-5-6-17(11-16(15)2)31-14-22(30)7-9-26(10-8-22)13-19(27)23-18-12-20(28)25(4)21(29)24(18)3/h5-6,11-12,30H,7-10,13-14H2,1-4H3,(H,23,27). The summed E-state index contributed by atoms with van der Waals surface area (Å²) in [6.45, 7) is 5.44. The Bertz CT molecular complexity index is 1080. The van der Waals surface area contributed by atoms with Gasteiger partial charge < -0.3 is 15.2 Å². The number of ether oxygens (including phenoxy) is 1. The van der Waals surface area contributed by atoms with Crippen LogP contribution in [0.15, 0.2) is 33.9 Å². The molecule has 0 unspecified atom stereocenters. The highest BCUT2D eigenvalue weighted by Gasteiger charge is 2.33. The van der Waals surface area contributed by atoms with E-state index < -0.39 is 16.9 Å². The minimum Gasteiger partial charge on any atom is -0.491 e. The molecule has 9 heteroatoms. The number of likely N-dealkylation sites (tertiary alicyclic amines) is 1. The molecular formula is C22H30N4O5. The second kappa shape index (κ2) is 9.07. The quantitative estimate of drug-likeness (QED) is 0.693. The molecule has 0 saturated carbocycles. The molecule has 1 aromatic heterocycles. The molecule has 9 nitrogen and oxygen atoms in total. The maximum absolute atomic E-state index is 12.4. The minimum absolute atomic E-state index is 0.109. The van der Waals surface area contributed by atoms with Crippen molar-refractivity contribution < 1.29 is 14.6 Å². The molecule has 3 rings (SSSR count). The van der Waals surface area contributed by atoms with Crippen LogP contribution >= 0.6 is 0 Å². The molecule has 1 saturated heterocycles. The number of amides is 1. The van der Waals surface area contributed by atoms with Crippen LogP contribution in [0.4, 0.5) is 5.82 Å². The van der Waals surface area contributed by atoms with Crippen molar-refractivity contribution in [1.29, 1.82) is 0 Å². The van der Waals surface area contributed by atoms with Crippen LogP contribution in [0.2, 0.25) is 0 Å². The van der Waals surface area contributed by atoms with Gasteiger partial charge >= 0.3 is 5.69 Å². The molecule has 2 aromatic rings. The number of hydrogen-bond acceptors (Lipinski definition) is 6. The maximum atomic E-state index is 12.4. The van der Waals surface area contributed by atoms with Crippen LogP contribution in [0.25, 0.3) is 0 Å². The second-order valence-corrected chi connectivity index (χ2v) is 8.35. The Morgan fingerprint density at radius 3 is 2.42 bits per heavy atom. The highest BCUT2D eigenvalue weighted by atomic mass is 16.5. The molecular weight excluding hydrogens is 400 g/mol. The number of carbonyl (C=O) groups excluding carboxylic acids is 1. The summed E-state index contributed by atoms with van der Waals surface area (Å²) in [6, 6.07) is 7.07. The third-order valence-corrected chi connectivity index (χ3v) is 5.93. The fourth-order valence-electron chi connectivity index (χ4n) is 3.53. The molecule has 1 aromatic carbocycles. The smallest absolute Gasteiger partial charge is 0.332 e. The molecule has 1 amide bonds. The van der Waals surface area contributed by atoms with Crippen LogP contribution in [0.3, 0.4) is 0 Å². The SMILES string of the molecule is Cc1ccc(OCC2(O)CCN(CC(=O)Nc3cc(=O)n(C)c(=O)n3C)CC2)cc1C. The van der Waals surface area contributed by atoms with Gasteiger partial charge in [0.15, 0.2) is 0 Å². The first kappa shape index (κ1) is 22.8. The summed E-state index contributed by atoms with van der Waals surface area (Å²) in [5.74, 6) is 0.575. The third kappa shape index (κ3) is 5.42. The zero-order valence-electron chi connectivity index (χ0n) is 18.5. The van der Waals surface area contributed by atoms with Crippen molar-refractivity contribution in [3.63, 3.8) is 0 Å². The number of piperidine rings is 1. The van der Waals surface area contributed by atoms with Crippen molar-refractivity contribution in [2.45, 2.75) is 32.3 Å². The number of nitrogens with zero attached hydrogens (tertiary/aromatic N) is 3. The van der Waals surface area contributed by atoms with E-state index in [0.717, 1.165) is 15.9 Å². The van der Waals surface area contributed by atoms with Crippen molar-refractivity contribution in [3.8, 4) is 5.75 Å². The summed E-state index contributed by atoms with van der Waals surface area (Å²) < 4.78 is 8.01. The Morgan fingerprint density at radius 2 is 1.77 bits per heavy atom. The van der Waals surface area contributed by atoms with Gasteiger partial charge in [0.2, 0.25) is 5.91 Å². The lowest BCUT2D eigenvalue weighted by molar-refractivity contribution is -0.119. The van der Waals surface area contributed by atoms with Crippen LogP contribution in [-0.2, 0) is 18.9 Å². The first-order valence-corrected chi connectivity index (χ1v) is 10.3. The van der Waals surface area contributed by atoms with Crippen LogP contribution in [0.5, 0.6) is 5.75 Å².